The molecule has 0 bridgehead atoms. The fourth-order valence-electron chi connectivity index (χ4n) is 2.32. The van der Waals surface area contributed by atoms with E-state index in [-0.39, 0.29) is 18.9 Å². The van der Waals surface area contributed by atoms with Crippen LogP contribution in [0.4, 0.5) is 0 Å². The van der Waals surface area contributed by atoms with Crippen LogP contribution in [0.15, 0.2) is 65.2 Å². The zero-order valence-electron chi connectivity index (χ0n) is 12.8. The lowest BCUT2D eigenvalue weighted by atomic mass is 9.81. The van der Waals surface area contributed by atoms with Crippen molar-refractivity contribution in [3.05, 3.63) is 82.2 Å². The molecule has 118 valence electrons. The van der Waals surface area contributed by atoms with E-state index in [1.165, 1.54) is 4.31 Å². The molecule has 0 spiro atoms. The third-order valence-corrected chi connectivity index (χ3v) is 4.72. The summed E-state index contributed by atoms with van der Waals surface area (Å²) in [5.74, 6) is -0.0245. The normalized spacial score (nSPS) is 12.6. The Hall–Kier alpha value is -2.28. The van der Waals surface area contributed by atoms with Gasteiger partial charge in [0.25, 0.3) is 0 Å². The third-order valence-electron chi connectivity index (χ3n) is 3.51. The molecule has 0 aliphatic rings. The number of benzene rings is 2. The van der Waals surface area contributed by atoms with E-state index in [4.69, 9.17) is 5.53 Å². The van der Waals surface area contributed by atoms with Crippen molar-refractivity contribution < 1.29 is 8.42 Å². The third kappa shape index (κ3) is 4.86. The van der Waals surface area contributed by atoms with Gasteiger partial charge in [-0.3, -0.25) is 0 Å². The van der Waals surface area contributed by atoms with Crippen molar-refractivity contribution in [1.82, 2.24) is 4.31 Å². The Morgan fingerprint density at radius 1 is 1.09 bits per heavy atom. The maximum absolute atomic E-state index is 12.2. The predicted octanol–water partition coefficient (Wildman–Crippen LogP) is 2.42. The lowest BCUT2D eigenvalue weighted by molar-refractivity contribution is 0.405. The minimum atomic E-state index is -4.03. The highest BCUT2D eigenvalue weighted by Gasteiger charge is 2.23. The molecule has 0 heterocycles. The molecule has 6 nitrogen and oxygen atoms in total. The van der Waals surface area contributed by atoms with Crippen molar-refractivity contribution in [2.45, 2.75) is 12.4 Å². The van der Waals surface area contributed by atoms with Gasteiger partial charge in [0.15, 0.2) is 0 Å². The highest BCUT2D eigenvalue weighted by molar-refractivity contribution is 7.87. The van der Waals surface area contributed by atoms with Crippen LogP contribution in [0.3, 0.4) is 0 Å². The minimum Gasteiger partial charge on any atom is -0.204 e. The van der Waals surface area contributed by atoms with Gasteiger partial charge in [-0.05, 0) is 16.9 Å². The molecule has 1 atom stereocenters. The average molecular weight is 328 g/mol. The Labute approximate surface area is 137 Å². The van der Waals surface area contributed by atoms with Gasteiger partial charge in [0.05, 0.1) is 0 Å². The van der Waals surface area contributed by atoms with E-state index in [2.05, 4.69) is 9.43 Å². The van der Waals surface area contributed by atoms with E-state index < -0.39 is 10.2 Å². The van der Waals surface area contributed by atoms with Crippen LogP contribution in [-0.4, -0.2) is 27.1 Å². The SMILES string of the molecule is B[C@H](CN(Cc1ccccc1)S(=O)(=O)N=[N+]=[N-])c1ccccc1. The monoisotopic (exact) mass is 328 g/mol. The van der Waals surface area contributed by atoms with Crippen LogP contribution >= 0.6 is 0 Å². The van der Waals surface area contributed by atoms with Gasteiger partial charge in [-0.25, -0.2) is 8.42 Å². The Balaban J connectivity index is 2.25. The first-order valence-corrected chi connectivity index (χ1v) is 8.58. The first kappa shape index (κ1) is 17.1. The van der Waals surface area contributed by atoms with Crippen molar-refractivity contribution in [2.24, 2.45) is 4.52 Å². The first-order chi connectivity index (χ1) is 11.0. The summed E-state index contributed by atoms with van der Waals surface area (Å²) in [6.45, 7) is 0.402. The van der Waals surface area contributed by atoms with Crippen LogP contribution in [0.5, 0.6) is 0 Å². The average Bonchev–Trinajstić information content (AvgIpc) is 2.56. The van der Waals surface area contributed by atoms with E-state index in [1.54, 1.807) is 0 Å². The van der Waals surface area contributed by atoms with Gasteiger partial charge >= 0.3 is 10.2 Å². The lowest BCUT2D eigenvalue weighted by Gasteiger charge is -2.23. The number of nitrogens with zero attached hydrogens (tertiary/aromatic N) is 4. The van der Waals surface area contributed by atoms with Gasteiger partial charge in [0.1, 0.15) is 7.85 Å². The molecule has 0 aliphatic carbocycles. The van der Waals surface area contributed by atoms with Gasteiger partial charge in [-0.2, -0.15) is 4.31 Å². The summed E-state index contributed by atoms with van der Waals surface area (Å²) in [5, 5.41) is 0. The highest BCUT2D eigenvalue weighted by atomic mass is 32.2. The molecule has 0 aromatic heterocycles. The van der Waals surface area contributed by atoms with Gasteiger partial charge in [-0.15, -0.1) is 0 Å². The molecule has 8 heteroatoms. The molecule has 23 heavy (non-hydrogen) atoms. The molecular formula is C15H17BN4O2S. The summed E-state index contributed by atoms with van der Waals surface area (Å²) < 4.78 is 28.6. The van der Waals surface area contributed by atoms with E-state index in [9.17, 15) is 8.42 Å². The second-order valence-corrected chi connectivity index (χ2v) is 6.81. The summed E-state index contributed by atoms with van der Waals surface area (Å²) in [5.41, 5.74) is 10.4. The predicted molar refractivity (Wildman–Crippen MR) is 92.6 cm³/mol. The van der Waals surface area contributed by atoms with E-state index >= 15 is 0 Å². The molecule has 0 unspecified atom stereocenters. The van der Waals surface area contributed by atoms with Crippen molar-refractivity contribution in [1.29, 1.82) is 0 Å². The number of rotatable bonds is 7. The number of hydrogen-bond donors (Lipinski definition) is 0. The number of azide groups is 1. The smallest absolute Gasteiger partial charge is 0.204 e. The van der Waals surface area contributed by atoms with Gasteiger partial charge < -0.3 is 0 Å². The summed E-state index contributed by atoms with van der Waals surface area (Å²) in [7, 11) is -2.09. The van der Waals surface area contributed by atoms with Gasteiger partial charge in [-0.1, -0.05) is 66.2 Å². The maximum Gasteiger partial charge on any atom is 0.302 e. The summed E-state index contributed by atoms with van der Waals surface area (Å²) >= 11 is 0. The van der Waals surface area contributed by atoms with Crippen LogP contribution in [0.25, 0.3) is 10.4 Å². The molecule has 2 rings (SSSR count). The molecule has 0 fully saturated rings. The molecule has 0 N–H and O–H groups in total. The fraction of sp³-hybridized carbons (Fsp3) is 0.200. The topological polar surface area (TPSA) is 86.1 Å². The summed E-state index contributed by atoms with van der Waals surface area (Å²) in [6.07, 6.45) is 0. The van der Waals surface area contributed by atoms with Crippen LogP contribution in [-0.2, 0) is 16.8 Å². The first-order valence-electron chi connectivity index (χ1n) is 7.18. The van der Waals surface area contributed by atoms with Crippen LogP contribution in [0.2, 0.25) is 0 Å². The van der Waals surface area contributed by atoms with E-state index in [0.29, 0.717) is 0 Å². The molecule has 2 aromatic carbocycles. The molecule has 2 aromatic rings. The van der Waals surface area contributed by atoms with Gasteiger partial charge in [0, 0.05) is 22.5 Å². The molecule has 0 saturated heterocycles. The van der Waals surface area contributed by atoms with Crippen LogP contribution in [0.1, 0.15) is 16.9 Å². The Morgan fingerprint density at radius 2 is 1.65 bits per heavy atom. The van der Waals surface area contributed by atoms with Crippen molar-refractivity contribution in [3.8, 4) is 0 Å². The van der Waals surface area contributed by atoms with Gasteiger partial charge in [0.2, 0.25) is 0 Å². The molecule has 0 amide bonds. The zero-order valence-corrected chi connectivity index (χ0v) is 13.6. The molecule has 0 radical (unpaired) electrons. The van der Waals surface area contributed by atoms with Crippen molar-refractivity contribution in [3.63, 3.8) is 0 Å². The van der Waals surface area contributed by atoms with Crippen molar-refractivity contribution >= 4 is 18.1 Å². The van der Waals surface area contributed by atoms with E-state index in [0.717, 1.165) is 11.1 Å². The van der Waals surface area contributed by atoms with Crippen molar-refractivity contribution in [2.75, 3.05) is 6.54 Å². The molecule has 0 aliphatic heterocycles. The molecule has 0 saturated carbocycles. The highest BCUT2D eigenvalue weighted by Crippen LogP contribution is 2.18. The standard InChI is InChI=1S/C15H17BN4O2S/c16-15(14-9-5-2-6-10-14)12-20(23(21,22)19-18-17)11-13-7-3-1-4-8-13/h1-10,15H,11-12,16H2/t15-/m1/s1. The summed E-state index contributed by atoms with van der Waals surface area (Å²) in [4.78, 5) is 2.45. The molecular weight excluding hydrogens is 311 g/mol. The van der Waals surface area contributed by atoms with Crippen LogP contribution in [0, 0.1) is 0 Å². The Bertz CT molecular complexity index is 778. The summed E-state index contributed by atoms with van der Waals surface area (Å²) in [6, 6.07) is 18.9. The lowest BCUT2D eigenvalue weighted by Crippen LogP contribution is -2.33. The second-order valence-electron chi connectivity index (χ2n) is 5.24. The maximum atomic E-state index is 12.2. The second kappa shape index (κ2) is 7.83. The largest absolute Gasteiger partial charge is 0.302 e. The zero-order chi connectivity index (χ0) is 16.7. The Morgan fingerprint density at radius 3 is 2.22 bits per heavy atom. The quantitative estimate of drug-likeness (QED) is 0.338. The Kier molecular flexibility index (Phi) is 5.81. The van der Waals surface area contributed by atoms with E-state index in [1.807, 2.05) is 68.5 Å². The fourth-order valence-corrected chi connectivity index (χ4v) is 3.24. The minimum absolute atomic E-state index is 0.0245. The number of hydrogen-bond acceptors (Lipinski definition) is 2. The van der Waals surface area contributed by atoms with Crippen LogP contribution < -0.4 is 0 Å².